The third-order valence-electron chi connectivity index (χ3n) is 5.45. The molecule has 9 nitrogen and oxygen atoms in total. The van der Waals surface area contributed by atoms with Gasteiger partial charge in [-0.05, 0) is 61.4 Å². The fraction of sp³-hybridized carbons (Fsp3) is 0.261. The van der Waals surface area contributed by atoms with Crippen LogP contribution in [0.4, 0.5) is 5.69 Å². The molecular weight excluding hydrogens is 478 g/mol. The Hall–Kier alpha value is -2.99. The lowest BCUT2D eigenvalue weighted by atomic mass is 10.3. The second-order valence-electron chi connectivity index (χ2n) is 7.85. The average molecular weight is 504 g/mol. The van der Waals surface area contributed by atoms with Crippen LogP contribution >= 0.6 is 0 Å². The number of nitrogens with zero attached hydrogens (tertiary/aromatic N) is 2. The molecule has 0 aliphatic carbocycles. The van der Waals surface area contributed by atoms with Crippen LogP contribution in [-0.4, -0.2) is 51.0 Å². The average Bonchev–Trinajstić information content (AvgIpc) is 3.54. The fourth-order valence-corrected chi connectivity index (χ4v) is 6.57. The molecule has 0 unspecified atom stereocenters. The van der Waals surface area contributed by atoms with Crippen molar-refractivity contribution in [2.45, 2.75) is 29.2 Å². The van der Waals surface area contributed by atoms with Gasteiger partial charge in [-0.2, -0.15) is 8.61 Å². The van der Waals surface area contributed by atoms with Gasteiger partial charge in [0.05, 0.1) is 29.1 Å². The summed E-state index contributed by atoms with van der Waals surface area (Å²) in [6.07, 6.45) is 3.03. The van der Waals surface area contributed by atoms with Gasteiger partial charge in [0.2, 0.25) is 26.0 Å². The summed E-state index contributed by atoms with van der Waals surface area (Å²) in [4.78, 5) is 12.5. The molecule has 180 valence electrons. The molecule has 0 atom stereocenters. The zero-order chi connectivity index (χ0) is 24.2. The molecule has 1 aromatic heterocycles. The molecule has 0 saturated carbocycles. The third-order valence-corrected chi connectivity index (χ3v) is 9.17. The lowest BCUT2D eigenvalue weighted by Crippen LogP contribution is -2.37. The number of hydrogen-bond acceptors (Lipinski definition) is 6. The largest absolute Gasteiger partial charge is 0.468 e. The SMILES string of the molecule is O=C(CN(Cc1ccco1)S(=O)(=O)c1ccc(S(=O)(=O)N2CCCC2)cc1)Nc1ccccc1. The second kappa shape index (κ2) is 10.1. The van der Waals surface area contributed by atoms with E-state index in [1.54, 1.807) is 42.5 Å². The summed E-state index contributed by atoms with van der Waals surface area (Å²) in [5, 5.41) is 2.68. The summed E-state index contributed by atoms with van der Waals surface area (Å²) in [7, 11) is -7.81. The van der Waals surface area contributed by atoms with Crippen LogP contribution in [0.3, 0.4) is 0 Å². The zero-order valence-electron chi connectivity index (χ0n) is 18.3. The molecule has 1 fully saturated rings. The highest BCUT2D eigenvalue weighted by molar-refractivity contribution is 7.89. The second-order valence-corrected chi connectivity index (χ2v) is 11.7. The van der Waals surface area contributed by atoms with E-state index in [4.69, 9.17) is 4.42 Å². The molecule has 0 radical (unpaired) electrons. The van der Waals surface area contributed by atoms with E-state index in [-0.39, 0.29) is 16.3 Å². The van der Waals surface area contributed by atoms with E-state index in [0.717, 1.165) is 17.1 Å². The molecular formula is C23H25N3O6S2. The Balaban J connectivity index is 1.57. The fourth-order valence-electron chi connectivity index (χ4n) is 3.69. The molecule has 1 aliphatic rings. The highest BCUT2D eigenvalue weighted by Crippen LogP contribution is 2.24. The van der Waals surface area contributed by atoms with Gasteiger partial charge in [-0.25, -0.2) is 16.8 Å². The van der Waals surface area contributed by atoms with Crippen LogP contribution in [0.1, 0.15) is 18.6 Å². The Morgan fingerprint density at radius 3 is 2.15 bits per heavy atom. The van der Waals surface area contributed by atoms with Gasteiger partial charge in [0.15, 0.2) is 0 Å². The number of amides is 1. The van der Waals surface area contributed by atoms with E-state index >= 15 is 0 Å². The van der Waals surface area contributed by atoms with Crippen molar-refractivity contribution in [3.8, 4) is 0 Å². The molecule has 1 aliphatic heterocycles. The van der Waals surface area contributed by atoms with Gasteiger partial charge >= 0.3 is 0 Å². The Morgan fingerprint density at radius 2 is 1.53 bits per heavy atom. The molecule has 34 heavy (non-hydrogen) atoms. The molecule has 3 aromatic rings. The molecule has 4 rings (SSSR count). The number of hydrogen-bond donors (Lipinski definition) is 1. The molecule has 11 heteroatoms. The van der Waals surface area contributed by atoms with Crippen molar-refractivity contribution in [1.82, 2.24) is 8.61 Å². The predicted molar refractivity (Wildman–Crippen MR) is 126 cm³/mol. The van der Waals surface area contributed by atoms with Crippen LogP contribution in [0.2, 0.25) is 0 Å². The Morgan fingerprint density at radius 1 is 0.882 bits per heavy atom. The molecule has 0 bridgehead atoms. The van der Waals surface area contributed by atoms with Crippen molar-refractivity contribution in [1.29, 1.82) is 0 Å². The summed E-state index contributed by atoms with van der Waals surface area (Å²) >= 11 is 0. The molecule has 1 N–H and O–H groups in total. The number of benzene rings is 2. The van der Waals surface area contributed by atoms with Gasteiger partial charge in [0.1, 0.15) is 5.76 Å². The highest BCUT2D eigenvalue weighted by Gasteiger charge is 2.30. The standard InChI is InChI=1S/C23H25N3O6S2/c27-23(24-19-7-2-1-3-8-19)18-26(17-20-9-6-16-32-20)34(30,31)22-12-10-21(11-13-22)33(28,29)25-14-4-5-15-25/h1-3,6-13,16H,4-5,14-15,17-18H2,(H,24,27). The van der Waals surface area contributed by atoms with Gasteiger partial charge in [0, 0.05) is 18.8 Å². The van der Waals surface area contributed by atoms with E-state index < -0.39 is 32.5 Å². The number of sulfonamides is 2. The normalized spacial score (nSPS) is 15.0. The van der Waals surface area contributed by atoms with Crippen molar-refractivity contribution in [2.24, 2.45) is 0 Å². The zero-order valence-corrected chi connectivity index (χ0v) is 20.0. The van der Waals surface area contributed by atoms with Gasteiger partial charge in [0.25, 0.3) is 0 Å². The third kappa shape index (κ3) is 5.39. The summed E-state index contributed by atoms with van der Waals surface area (Å²) in [6.45, 7) is 0.294. The van der Waals surface area contributed by atoms with E-state index in [0.29, 0.717) is 24.5 Å². The first kappa shape index (κ1) is 24.1. The number of carbonyl (C=O) groups excluding carboxylic acids is 1. The molecule has 2 aromatic carbocycles. The van der Waals surface area contributed by atoms with Crippen molar-refractivity contribution in [3.05, 3.63) is 78.8 Å². The lowest BCUT2D eigenvalue weighted by molar-refractivity contribution is -0.116. The number of furan rings is 1. The minimum Gasteiger partial charge on any atom is -0.468 e. The minimum absolute atomic E-state index is 0.0350. The van der Waals surface area contributed by atoms with Crippen LogP contribution in [0.15, 0.2) is 87.2 Å². The van der Waals surface area contributed by atoms with Crippen LogP contribution < -0.4 is 5.32 Å². The van der Waals surface area contributed by atoms with Crippen molar-refractivity contribution in [3.63, 3.8) is 0 Å². The Labute approximate surface area is 199 Å². The number of carbonyl (C=O) groups is 1. The molecule has 1 saturated heterocycles. The minimum atomic E-state index is -4.14. The summed E-state index contributed by atoms with van der Waals surface area (Å²) in [6, 6.07) is 17.0. The van der Waals surface area contributed by atoms with Gasteiger partial charge < -0.3 is 9.73 Å². The van der Waals surface area contributed by atoms with Crippen LogP contribution in [0.5, 0.6) is 0 Å². The first-order valence-corrected chi connectivity index (χ1v) is 13.6. The van der Waals surface area contributed by atoms with E-state index in [1.165, 1.54) is 34.8 Å². The number of para-hydroxylation sites is 1. The predicted octanol–water partition coefficient (Wildman–Crippen LogP) is 2.89. The monoisotopic (exact) mass is 503 g/mol. The summed E-state index contributed by atoms with van der Waals surface area (Å²) in [5.74, 6) is -0.154. The topological polar surface area (TPSA) is 117 Å². The Bertz CT molecular complexity index is 1320. The molecule has 2 heterocycles. The lowest BCUT2D eigenvalue weighted by Gasteiger charge is -2.21. The summed E-state index contributed by atoms with van der Waals surface area (Å²) < 4.78 is 60.0. The van der Waals surface area contributed by atoms with Gasteiger partial charge in [-0.1, -0.05) is 18.2 Å². The van der Waals surface area contributed by atoms with E-state index in [1.807, 2.05) is 0 Å². The molecule has 1 amide bonds. The van der Waals surface area contributed by atoms with Gasteiger partial charge in [-0.15, -0.1) is 0 Å². The first-order valence-electron chi connectivity index (χ1n) is 10.7. The van der Waals surface area contributed by atoms with E-state index in [9.17, 15) is 21.6 Å². The quantitative estimate of drug-likeness (QED) is 0.480. The smallest absolute Gasteiger partial charge is 0.243 e. The maximum Gasteiger partial charge on any atom is 0.243 e. The maximum atomic E-state index is 13.4. The Kier molecular flexibility index (Phi) is 7.17. The van der Waals surface area contributed by atoms with Crippen molar-refractivity contribution < 1.29 is 26.0 Å². The number of nitrogens with one attached hydrogen (secondary N) is 1. The van der Waals surface area contributed by atoms with Gasteiger partial charge in [-0.3, -0.25) is 4.79 Å². The summed E-state index contributed by atoms with van der Waals surface area (Å²) in [5.41, 5.74) is 0.541. The molecule has 0 spiro atoms. The van der Waals surface area contributed by atoms with Crippen LogP contribution in [0, 0.1) is 0 Å². The maximum absolute atomic E-state index is 13.4. The first-order chi connectivity index (χ1) is 16.3. The number of rotatable bonds is 9. The van der Waals surface area contributed by atoms with Crippen LogP contribution in [0.25, 0.3) is 0 Å². The van der Waals surface area contributed by atoms with Crippen LogP contribution in [-0.2, 0) is 31.4 Å². The number of anilines is 1. The van der Waals surface area contributed by atoms with Crippen molar-refractivity contribution in [2.75, 3.05) is 25.0 Å². The van der Waals surface area contributed by atoms with E-state index in [2.05, 4.69) is 5.32 Å². The van der Waals surface area contributed by atoms with Crippen molar-refractivity contribution >= 4 is 31.6 Å². The highest BCUT2D eigenvalue weighted by atomic mass is 32.2.